The van der Waals surface area contributed by atoms with Gasteiger partial charge in [0.05, 0.1) is 0 Å². The molecule has 0 aromatic rings. The molecule has 0 spiro atoms. The monoisotopic (exact) mass is 141 g/mol. The maximum atomic E-state index is 3.36. The zero-order chi connectivity index (χ0) is 7.98. The molecule has 0 saturated heterocycles. The molecule has 1 nitrogen and oxygen atoms in total. The smallest absolute Gasteiger partial charge is 0.0164 e. The van der Waals surface area contributed by atoms with Crippen LogP contribution in [0.15, 0.2) is 11.1 Å². The maximum absolute atomic E-state index is 3.36. The van der Waals surface area contributed by atoms with E-state index in [1.807, 2.05) is 0 Å². The van der Waals surface area contributed by atoms with E-state index in [0.29, 0.717) is 0 Å². The molecule has 0 radical (unpaired) electrons. The topological polar surface area (TPSA) is 12.0 Å². The van der Waals surface area contributed by atoms with Gasteiger partial charge in [0.1, 0.15) is 0 Å². The molecule has 60 valence electrons. The van der Waals surface area contributed by atoms with Crippen LogP contribution in [0, 0.1) is 0 Å². The zero-order valence-electron chi connectivity index (χ0n) is 7.62. The second kappa shape index (κ2) is 5.48. The molecule has 0 aliphatic carbocycles. The Kier molecular flexibility index (Phi) is 5.32. The normalized spacial score (nSPS) is 9.60. The van der Waals surface area contributed by atoms with E-state index >= 15 is 0 Å². The van der Waals surface area contributed by atoms with Crippen molar-refractivity contribution in [3.05, 3.63) is 11.1 Å². The van der Waals surface area contributed by atoms with Gasteiger partial charge in [0.2, 0.25) is 0 Å². The molecule has 0 atom stereocenters. The molecule has 0 heterocycles. The molecule has 0 saturated carbocycles. The molecule has 0 aliphatic heterocycles. The predicted molar refractivity (Wildman–Crippen MR) is 47.2 cm³/mol. The van der Waals surface area contributed by atoms with Gasteiger partial charge in [-0.3, -0.25) is 0 Å². The Morgan fingerprint density at radius 2 is 1.80 bits per heavy atom. The second-order valence-corrected chi connectivity index (χ2v) is 2.96. The third-order valence-corrected chi connectivity index (χ3v) is 1.67. The van der Waals surface area contributed by atoms with E-state index in [0.717, 1.165) is 13.1 Å². The second-order valence-electron chi connectivity index (χ2n) is 2.96. The van der Waals surface area contributed by atoms with Crippen LogP contribution in [0.4, 0.5) is 0 Å². The lowest BCUT2D eigenvalue weighted by Crippen LogP contribution is -2.17. The Morgan fingerprint density at radius 3 is 2.20 bits per heavy atom. The summed E-state index contributed by atoms with van der Waals surface area (Å²) in [6.45, 7) is 10.9. The number of hydrogen-bond donors (Lipinski definition) is 1. The SMILES string of the molecule is CCCNCC(C)=C(C)C. The molecule has 0 aliphatic rings. The summed E-state index contributed by atoms with van der Waals surface area (Å²) in [4.78, 5) is 0. The lowest BCUT2D eigenvalue weighted by atomic mass is 10.2. The van der Waals surface area contributed by atoms with Crippen molar-refractivity contribution < 1.29 is 0 Å². The van der Waals surface area contributed by atoms with E-state index in [9.17, 15) is 0 Å². The minimum atomic E-state index is 1.05. The van der Waals surface area contributed by atoms with Gasteiger partial charge in [0.15, 0.2) is 0 Å². The van der Waals surface area contributed by atoms with E-state index < -0.39 is 0 Å². The molecule has 0 aromatic carbocycles. The summed E-state index contributed by atoms with van der Waals surface area (Å²) in [5.74, 6) is 0. The fraction of sp³-hybridized carbons (Fsp3) is 0.778. The molecule has 0 rings (SSSR count). The van der Waals surface area contributed by atoms with Crippen molar-refractivity contribution >= 4 is 0 Å². The van der Waals surface area contributed by atoms with Crippen molar-refractivity contribution in [2.24, 2.45) is 0 Å². The number of hydrogen-bond acceptors (Lipinski definition) is 1. The van der Waals surface area contributed by atoms with E-state index in [1.54, 1.807) is 0 Å². The highest BCUT2D eigenvalue weighted by atomic mass is 14.8. The maximum Gasteiger partial charge on any atom is 0.0164 e. The average molecular weight is 141 g/mol. The van der Waals surface area contributed by atoms with Crippen molar-refractivity contribution in [2.75, 3.05) is 13.1 Å². The van der Waals surface area contributed by atoms with Crippen LogP contribution >= 0.6 is 0 Å². The van der Waals surface area contributed by atoms with Gasteiger partial charge in [-0.15, -0.1) is 0 Å². The Balaban J connectivity index is 3.40. The molecular weight excluding hydrogens is 122 g/mol. The minimum Gasteiger partial charge on any atom is -0.313 e. The van der Waals surface area contributed by atoms with Crippen LogP contribution < -0.4 is 5.32 Å². The van der Waals surface area contributed by atoms with Crippen molar-refractivity contribution in [1.29, 1.82) is 0 Å². The first-order valence-electron chi connectivity index (χ1n) is 4.02. The van der Waals surface area contributed by atoms with Gasteiger partial charge in [-0.25, -0.2) is 0 Å². The highest BCUT2D eigenvalue weighted by Crippen LogP contribution is 1.98. The Hall–Kier alpha value is -0.300. The van der Waals surface area contributed by atoms with Gasteiger partial charge in [0, 0.05) is 6.54 Å². The number of nitrogens with one attached hydrogen (secondary N) is 1. The van der Waals surface area contributed by atoms with Crippen molar-refractivity contribution in [1.82, 2.24) is 5.32 Å². The van der Waals surface area contributed by atoms with Crippen LogP contribution in [-0.4, -0.2) is 13.1 Å². The van der Waals surface area contributed by atoms with E-state index in [1.165, 1.54) is 17.6 Å². The Morgan fingerprint density at radius 1 is 1.20 bits per heavy atom. The third-order valence-electron chi connectivity index (χ3n) is 1.67. The molecule has 1 N–H and O–H groups in total. The van der Waals surface area contributed by atoms with Crippen LogP contribution in [0.2, 0.25) is 0 Å². The summed E-state index contributed by atoms with van der Waals surface area (Å²) in [6, 6.07) is 0. The third kappa shape index (κ3) is 4.57. The van der Waals surface area contributed by atoms with Crippen molar-refractivity contribution in [2.45, 2.75) is 34.1 Å². The Labute approximate surface area is 64.5 Å². The standard InChI is InChI=1S/C9H19N/c1-5-6-10-7-9(4)8(2)3/h10H,5-7H2,1-4H3. The summed E-state index contributed by atoms with van der Waals surface area (Å²) in [5.41, 5.74) is 2.90. The van der Waals surface area contributed by atoms with Crippen LogP contribution in [0.3, 0.4) is 0 Å². The lowest BCUT2D eigenvalue weighted by Gasteiger charge is -2.04. The minimum absolute atomic E-state index is 1.05. The number of allylic oxidation sites excluding steroid dienone is 1. The highest BCUT2D eigenvalue weighted by molar-refractivity contribution is 5.07. The molecule has 10 heavy (non-hydrogen) atoms. The summed E-state index contributed by atoms with van der Waals surface area (Å²) in [5, 5.41) is 3.36. The highest BCUT2D eigenvalue weighted by Gasteiger charge is 1.89. The van der Waals surface area contributed by atoms with E-state index in [-0.39, 0.29) is 0 Å². The fourth-order valence-electron chi connectivity index (χ4n) is 0.629. The summed E-state index contributed by atoms with van der Waals surface area (Å²) in [7, 11) is 0. The molecule has 0 amide bonds. The first kappa shape index (κ1) is 9.70. The van der Waals surface area contributed by atoms with Gasteiger partial charge in [-0.2, -0.15) is 0 Å². The van der Waals surface area contributed by atoms with Crippen LogP contribution in [0.1, 0.15) is 34.1 Å². The van der Waals surface area contributed by atoms with Crippen molar-refractivity contribution in [3.63, 3.8) is 0 Å². The average Bonchev–Trinajstić information content (AvgIpc) is 1.88. The quantitative estimate of drug-likeness (QED) is 0.468. The summed E-state index contributed by atoms with van der Waals surface area (Å²) in [6.07, 6.45) is 1.22. The number of rotatable bonds is 4. The fourth-order valence-corrected chi connectivity index (χ4v) is 0.629. The molecule has 0 aromatic heterocycles. The lowest BCUT2D eigenvalue weighted by molar-refractivity contribution is 0.710. The van der Waals surface area contributed by atoms with E-state index in [2.05, 4.69) is 33.0 Å². The summed E-state index contributed by atoms with van der Waals surface area (Å²) >= 11 is 0. The molecule has 0 unspecified atom stereocenters. The van der Waals surface area contributed by atoms with Gasteiger partial charge in [-0.05, 0) is 33.7 Å². The predicted octanol–water partition coefficient (Wildman–Crippen LogP) is 2.34. The van der Waals surface area contributed by atoms with Gasteiger partial charge in [-0.1, -0.05) is 18.1 Å². The molecular formula is C9H19N. The van der Waals surface area contributed by atoms with Gasteiger partial charge in [0.25, 0.3) is 0 Å². The van der Waals surface area contributed by atoms with Crippen molar-refractivity contribution in [3.8, 4) is 0 Å². The first-order chi connectivity index (χ1) is 4.68. The Bertz CT molecular complexity index is 110. The van der Waals surface area contributed by atoms with Crippen LogP contribution in [0.25, 0.3) is 0 Å². The van der Waals surface area contributed by atoms with Crippen LogP contribution in [0.5, 0.6) is 0 Å². The molecule has 0 fully saturated rings. The molecule has 1 heteroatoms. The van der Waals surface area contributed by atoms with Crippen LogP contribution in [-0.2, 0) is 0 Å². The summed E-state index contributed by atoms with van der Waals surface area (Å²) < 4.78 is 0. The zero-order valence-corrected chi connectivity index (χ0v) is 7.62. The van der Waals surface area contributed by atoms with Gasteiger partial charge >= 0.3 is 0 Å². The molecule has 0 bridgehead atoms. The largest absolute Gasteiger partial charge is 0.313 e. The first-order valence-corrected chi connectivity index (χ1v) is 4.02. The van der Waals surface area contributed by atoms with E-state index in [4.69, 9.17) is 0 Å². The van der Waals surface area contributed by atoms with Gasteiger partial charge < -0.3 is 5.32 Å².